The van der Waals surface area contributed by atoms with E-state index in [9.17, 15) is 4.79 Å². The van der Waals surface area contributed by atoms with Gasteiger partial charge in [0.05, 0.1) is 6.61 Å². The number of carbonyl (C=O) groups is 1. The Morgan fingerprint density at radius 3 is 1.76 bits per heavy atom. The van der Waals surface area contributed by atoms with Gasteiger partial charge in [-0.2, -0.15) is 0 Å². The third kappa shape index (κ3) is 11.2. The molecule has 0 aliphatic heterocycles. The summed E-state index contributed by atoms with van der Waals surface area (Å²) >= 11 is 0. The standard InChI is InChI=1S/C31H46O3/c1-4-6-8-10-11-12-13-15-25-33-30-23-21-29(22-24-30)28-19-17-27(18-20-28)26(3)34-31(32)16-14-9-7-5-2/h17-24,26H,4-16,25H2,1-3H3. The normalized spacial score (nSPS) is 11.9. The van der Waals surface area contributed by atoms with Crippen molar-refractivity contribution in [2.75, 3.05) is 6.61 Å². The number of ether oxygens (including phenoxy) is 2. The molecule has 3 nitrogen and oxygen atoms in total. The van der Waals surface area contributed by atoms with Gasteiger partial charge in [-0.15, -0.1) is 0 Å². The maximum Gasteiger partial charge on any atom is 0.306 e. The molecule has 1 unspecified atom stereocenters. The van der Waals surface area contributed by atoms with Gasteiger partial charge in [-0.25, -0.2) is 0 Å². The fourth-order valence-corrected chi connectivity index (χ4v) is 4.14. The molecule has 0 amide bonds. The summed E-state index contributed by atoms with van der Waals surface area (Å²) in [7, 11) is 0. The molecule has 0 aromatic heterocycles. The van der Waals surface area contributed by atoms with E-state index in [0.717, 1.165) is 48.3 Å². The highest BCUT2D eigenvalue weighted by Crippen LogP contribution is 2.26. The second-order valence-corrected chi connectivity index (χ2v) is 9.41. The lowest BCUT2D eigenvalue weighted by molar-refractivity contribution is -0.148. The summed E-state index contributed by atoms with van der Waals surface area (Å²) < 4.78 is 11.5. The van der Waals surface area contributed by atoms with Crippen molar-refractivity contribution in [2.24, 2.45) is 0 Å². The number of unbranched alkanes of at least 4 members (excludes halogenated alkanes) is 10. The van der Waals surface area contributed by atoms with E-state index in [0.29, 0.717) is 6.42 Å². The third-order valence-electron chi connectivity index (χ3n) is 6.38. The zero-order valence-corrected chi connectivity index (χ0v) is 21.8. The zero-order chi connectivity index (χ0) is 24.4. The van der Waals surface area contributed by atoms with E-state index < -0.39 is 0 Å². The highest BCUT2D eigenvalue weighted by Gasteiger charge is 2.12. The van der Waals surface area contributed by atoms with Crippen LogP contribution in [0.25, 0.3) is 11.1 Å². The minimum absolute atomic E-state index is 0.102. The van der Waals surface area contributed by atoms with Crippen LogP contribution in [0.4, 0.5) is 0 Å². The Balaban J connectivity index is 1.70. The number of hydrogen-bond acceptors (Lipinski definition) is 3. The van der Waals surface area contributed by atoms with Crippen molar-refractivity contribution in [1.29, 1.82) is 0 Å². The van der Waals surface area contributed by atoms with E-state index >= 15 is 0 Å². The maximum atomic E-state index is 12.1. The van der Waals surface area contributed by atoms with Gasteiger partial charge in [0.2, 0.25) is 0 Å². The van der Waals surface area contributed by atoms with Gasteiger partial charge >= 0.3 is 5.97 Å². The van der Waals surface area contributed by atoms with Crippen LogP contribution in [0.1, 0.15) is 116 Å². The van der Waals surface area contributed by atoms with Crippen molar-refractivity contribution in [2.45, 2.75) is 110 Å². The Labute approximate surface area is 208 Å². The van der Waals surface area contributed by atoms with Gasteiger partial charge in [0.25, 0.3) is 0 Å². The lowest BCUT2D eigenvalue weighted by atomic mass is 10.0. The summed E-state index contributed by atoms with van der Waals surface area (Å²) in [5.41, 5.74) is 3.33. The van der Waals surface area contributed by atoms with Crippen LogP contribution in [0.2, 0.25) is 0 Å². The van der Waals surface area contributed by atoms with Crippen molar-refractivity contribution in [1.82, 2.24) is 0 Å². The highest BCUT2D eigenvalue weighted by molar-refractivity contribution is 5.69. The lowest BCUT2D eigenvalue weighted by Gasteiger charge is -2.14. The van der Waals surface area contributed by atoms with Gasteiger partial charge in [0.15, 0.2) is 0 Å². The number of rotatable bonds is 18. The van der Waals surface area contributed by atoms with E-state index in [2.05, 4.69) is 62.4 Å². The molecule has 1 atom stereocenters. The van der Waals surface area contributed by atoms with E-state index in [-0.39, 0.29) is 12.1 Å². The molecule has 188 valence electrons. The molecule has 0 spiro atoms. The topological polar surface area (TPSA) is 35.5 Å². The largest absolute Gasteiger partial charge is 0.494 e. The van der Waals surface area contributed by atoms with E-state index in [4.69, 9.17) is 9.47 Å². The molecule has 2 rings (SSSR count). The minimum Gasteiger partial charge on any atom is -0.494 e. The number of benzene rings is 2. The van der Waals surface area contributed by atoms with Gasteiger partial charge in [-0.1, -0.05) is 114 Å². The summed E-state index contributed by atoms with van der Waals surface area (Å²) in [6.07, 6.45) is 15.1. The average molecular weight is 467 g/mol. The van der Waals surface area contributed by atoms with Crippen molar-refractivity contribution in [3.05, 3.63) is 54.1 Å². The lowest BCUT2D eigenvalue weighted by Crippen LogP contribution is -2.08. The molecule has 0 aliphatic carbocycles. The van der Waals surface area contributed by atoms with Crippen LogP contribution in [0.15, 0.2) is 48.5 Å². The van der Waals surface area contributed by atoms with Crippen LogP contribution >= 0.6 is 0 Å². The molecule has 0 heterocycles. The molecule has 0 fully saturated rings. The quantitative estimate of drug-likeness (QED) is 0.162. The summed E-state index contributed by atoms with van der Waals surface area (Å²) in [5, 5.41) is 0. The number of esters is 1. The van der Waals surface area contributed by atoms with Gasteiger partial charge < -0.3 is 9.47 Å². The Morgan fingerprint density at radius 2 is 1.18 bits per heavy atom. The Hall–Kier alpha value is -2.29. The molecule has 0 radical (unpaired) electrons. The maximum absolute atomic E-state index is 12.1. The zero-order valence-electron chi connectivity index (χ0n) is 21.8. The first kappa shape index (κ1) is 28.0. The molecular formula is C31H46O3. The fourth-order valence-electron chi connectivity index (χ4n) is 4.14. The second-order valence-electron chi connectivity index (χ2n) is 9.41. The van der Waals surface area contributed by atoms with Crippen LogP contribution in [-0.4, -0.2) is 12.6 Å². The minimum atomic E-state index is -0.222. The van der Waals surface area contributed by atoms with Gasteiger partial charge in [0, 0.05) is 6.42 Å². The molecular weight excluding hydrogens is 420 g/mol. The van der Waals surface area contributed by atoms with Crippen molar-refractivity contribution in [3.8, 4) is 16.9 Å². The van der Waals surface area contributed by atoms with Crippen LogP contribution in [0, 0.1) is 0 Å². The van der Waals surface area contributed by atoms with Crippen molar-refractivity contribution in [3.63, 3.8) is 0 Å². The van der Waals surface area contributed by atoms with Gasteiger partial charge in [0.1, 0.15) is 11.9 Å². The number of hydrogen-bond donors (Lipinski definition) is 0. The second kappa shape index (κ2) is 17.2. The predicted octanol–water partition coefficient (Wildman–Crippen LogP) is 9.45. The molecule has 0 saturated heterocycles. The predicted molar refractivity (Wildman–Crippen MR) is 143 cm³/mol. The van der Waals surface area contributed by atoms with E-state index in [1.807, 2.05) is 6.92 Å². The number of carbonyl (C=O) groups excluding carboxylic acids is 1. The summed E-state index contributed by atoms with van der Waals surface area (Å²) in [6.45, 7) is 7.17. The molecule has 0 aliphatic rings. The summed E-state index contributed by atoms with van der Waals surface area (Å²) in [4.78, 5) is 12.1. The molecule has 2 aromatic carbocycles. The van der Waals surface area contributed by atoms with Crippen LogP contribution in [0.5, 0.6) is 5.75 Å². The molecule has 3 heteroatoms. The van der Waals surface area contributed by atoms with Crippen LogP contribution < -0.4 is 4.74 Å². The summed E-state index contributed by atoms with van der Waals surface area (Å²) in [6, 6.07) is 16.6. The van der Waals surface area contributed by atoms with Crippen LogP contribution in [0.3, 0.4) is 0 Å². The first-order chi connectivity index (χ1) is 16.6. The first-order valence-corrected chi connectivity index (χ1v) is 13.7. The molecule has 0 bridgehead atoms. The average Bonchev–Trinajstić information content (AvgIpc) is 2.86. The fraction of sp³-hybridized carbons (Fsp3) is 0.581. The van der Waals surface area contributed by atoms with E-state index in [1.165, 1.54) is 57.8 Å². The molecule has 0 N–H and O–H groups in total. The first-order valence-electron chi connectivity index (χ1n) is 13.7. The van der Waals surface area contributed by atoms with E-state index in [1.54, 1.807) is 0 Å². The Kier molecular flexibility index (Phi) is 14.1. The SMILES string of the molecule is CCCCCCCCCCOc1ccc(-c2ccc(C(C)OC(=O)CCCCCC)cc2)cc1. The smallest absolute Gasteiger partial charge is 0.306 e. The Morgan fingerprint density at radius 1 is 0.676 bits per heavy atom. The summed E-state index contributed by atoms with van der Waals surface area (Å²) in [5.74, 6) is 0.832. The van der Waals surface area contributed by atoms with Gasteiger partial charge in [-0.3, -0.25) is 4.79 Å². The highest BCUT2D eigenvalue weighted by atomic mass is 16.5. The monoisotopic (exact) mass is 466 g/mol. The van der Waals surface area contributed by atoms with Gasteiger partial charge in [-0.05, 0) is 48.6 Å². The molecule has 0 saturated carbocycles. The van der Waals surface area contributed by atoms with Crippen molar-refractivity contribution >= 4 is 5.97 Å². The third-order valence-corrected chi connectivity index (χ3v) is 6.38. The Bertz CT molecular complexity index is 779. The molecule has 2 aromatic rings. The van der Waals surface area contributed by atoms with Crippen LogP contribution in [-0.2, 0) is 9.53 Å². The van der Waals surface area contributed by atoms with Crippen molar-refractivity contribution < 1.29 is 14.3 Å². The molecule has 34 heavy (non-hydrogen) atoms.